The second-order valence-electron chi connectivity index (χ2n) is 7.43. The van der Waals surface area contributed by atoms with Crippen LogP contribution in [0.2, 0.25) is 0 Å². The molecule has 0 saturated heterocycles. The Kier molecular flexibility index (Phi) is 11.1. The highest BCUT2D eigenvalue weighted by molar-refractivity contribution is 5.79. The van der Waals surface area contributed by atoms with E-state index in [0.717, 1.165) is 51.6 Å². The minimum Gasteiger partial charge on any atom is -0.385 e. The molecule has 2 N–H and O–H groups in total. The van der Waals surface area contributed by atoms with Gasteiger partial charge in [0.1, 0.15) is 0 Å². The van der Waals surface area contributed by atoms with Crippen LogP contribution in [-0.2, 0) is 9.47 Å². The number of hydrogen-bond donors (Lipinski definition) is 2. The van der Waals surface area contributed by atoms with E-state index >= 15 is 0 Å². The van der Waals surface area contributed by atoms with Gasteiger partial charge in [-0.1, -0.05) is 12.8 Å². The van der Waals surface area contributed by atoms with Gasteiger partial charge in [-0.3, -0.25) is 4.99 Å². The quantitative estimate of drug-likeness (QED) is 0.414. The first kappa shape index (κ1) is 22.2. The first-order valence-corrected chi connectivity index (χ1v) is 9.75. The molecule has 0 aromatic heterocycles. The normalized spacial score (nSPS) is 18.6. The average molecular weight is 357 g/mol. The maximum absolute atomic E-state index is 5.85. The van der Waals surface area contributed by atoms with Crippen LogP contribution in [0.5, 0.6) is 0 Å². The highest BCUT2D eigenvalue weighted by Crippen LogP contribution is 2.40. The number of nitrogens with zero attached hydrogens (tertiary/aromatic N) is 2. The number of ether oxygens (including phenoxy) is 2. The van der Waals surface area contributed by atoms with Crippen molar-refractivity contribution in [2.24, 2.45) is 10.4 Å². The molecule has 0 aromatic rings. The molecule has 6 nitrogen and oxygen atoms in total. The lowest BCUT2D eigenvalue weighted by Crippen LogP contribution is -2.46. The molecule has 0 bridgehead atoms. The van der Waals surface area contributed by atoms with Gasteiger partial charge in [0.05, 0.1) is 6.10 Å². The third kappa shape index (κ3) is 8.88. The minimum absolute atomic E-state index is 0.208. The number of nitrogens with one attached hydrogen (secondary N) is 2. The minimum atomic E-state index is 0.208. The molecule has 1 saturated carbocycles. The van der Waals surface area contributed by atoms with Crippen LogP contribution in [0, 0.1) is 5.41 Å². The molecule has 0 aliphatic heterocycles. The summed E-state index contributed by atoms with van der Waals surface area (Å²) in [6, 6.07) is 0. The highest BCUT2D eigenvalue weighted by Gasteiger charge is 2.33. The lowest BCUT2D eigenvalue weighted by atomic mass is 9.83. The van der Waals surface area contributed by atoms with Crippen LogP contribution in [-0.4, -0.2) is 78.1 Å². The summed E-state index contributed by atoms with van der Waals surface area (Å²) in [5.41, 5.74) is 0.359. The van der Waals surface area contributed by atoms with Gasteiger partial charge >= 0.3 is 0 Å². The van der Waals surface area contributed by atoms with Crippen molar-refractivity contribution in [2.45, 2.75) is 51.6 Å². The molecule has 1 fully saturated rings. The van der Waals surface area contributed by atoms with Crippen LogP contribution in [0.25, 0.3) is 0 Å². The van der Waals surface area contributed by atoms with Crippen molar-refractivity contribution >= 4 is 5.96 Å². The van der Waals surface area contributed by atoms with Crippen molar-refractivity contribution in [2.75, 3.05) is 61.1 Å². The third-order valence-corrected chi connectivity index (χ3v) is 5.15. The van der Waals surface area contributed by atoms with Crippen LogP contribution in [0.4, 0.5) is 0 Å². The Bertz CT molecular complexity index is 368. The van der Waals surface area contributed by atoms with Gasteiger partial charge in [-0.25, -0.2) is 0 Å². The van der Waals surface area contributed by atoms with E-state index in [1.165, 1.54) is 25.7 Å². The lowest BCUT2D eigenvalue weighted by Gasteiger charge is -2.30. The second kappa shape index (κ2) is 12.5. The number of rotatable bonds is 12. The summed E-state index contributed by atoms with van der Waals surface area (Å²) in [7, 11) is 7.81. The summed E-state index contributed by atoms with van der Waals surface area (Å²) in [6.07, 6.45) is 7.57. The molecule has 1 atom stereocenters. The molecule has 0 spiro atoms. The van der Waals surface area contributed by atoms with E-state index in [4.69, 9.17) is 9.47 Å². The Hall–Kier alpha value is -0.850. The Morgan fingerprint density at radius 3 is 2.52 bits per heavy atom. The maximum atomic E-state index is 5.85. The van der Waals surface area contributed by atoms with Crippen molar-refractivity contribution < 1.29 is 9.47 Å². The summed E-state index contributed by atoms with van der Waals surface area (Å²) >= 11 is 0. The third-order valence-electron chi connectivity index (χ3n) is 5.15. The second-order valence-corrected chi connectivity index (χ2v) is 7.43. The smallest absolute Gasteiger partial charge is 0.191 e. The predicted molar refractivity (Wildman–Crippen MR) is 105 cm³/mol. The highest BCUT2D eigenvalue weighted by atomic mass is 16.5. The van der Waals surface area contributed by atoms with Crippen LogP contribution < -0.4 is 10.6 Å². The van der Waals surface area contributed by atoms with Gasteiger partial charge < -0.3 is 25.0 Å². The van der Waals surface area contributed by atoms with Gasteiger partial charge in [-0.05, 0) is 52.1 Å². The molecular formula is C19H40N4O2. The summed E-state index contributed by atoms with van der Waals surface area (Å²) < 4.78 is 11.2. The van der Waals surface area contributed by atoms with Gasteiger partial charge in [0.2, 0.25) is 0 Å². The first-order chi connectivity index (χ1) is 12.0. The molecule has 0 aromatic carbocycles. The molecule has 6 heteroatoms. The number of methoxy groups -OCH3 is 1. The molecule has 25 heavy (non-hydrogen) atoms. The van der Waals surface area contributed by atoms with Crippen LogP contribution in [0.15, 0.2) is 4.99 Å². The Labute approximate surface area is 154 Å². The molecule has 148 valence electrons. The predicted octanol–water partition coefficient (Wildman–Crippen LogP) is 2.11. The molecule has 1 aliphatic carbocycles. The number of aliphatic imine (C=N–C) groups is 1. The monoisotopic (exact) mass is 356 g/mol. The van der Waals surface area contributed by atoms with Crippen molar-refractivity contribution in [1.29, 1.82) is 0 Å². The number of guanidine groups is 1. The van der Waals surface area contributed by atoms with Gasteiger partial charge in [0, 0.05) is 47.0 Å². The Morgan fingerprint density at radius 2 is 1.96 bits per heavy atom. The van der Waals surface area contributed by atoms with Crippen molar-refractivity contribution in [3.8, 4) is 0 Å². The van der Waals surface area contributed by atoms with E-state index in [9.17, 15) is 0 Å². The van der Waals surface area contributed by atoms with E-state index in [1.54, 1.807) is 7.11 Å². The van der Waals surface area contributed by atoms with E-state index in [-0.39, 0.29) is 6.10 Å². The molecule has 1 rings (SSSR count). The molecule has 0 radical (unpaired) electrons. The van der Waals surface area contributed by atoms with Gasteiger partial charge in [0.15, 0.2) is 5.96 Å². The zero-order valence-corrected chi connectivity index (χ0v) is 17.1. The lowest BCUT2D eigenvalue weighted by molar-refractivity contribution is 0.0547. The van der Waals surface area contributed by atoms with Crippen LogP contribution in [0.3, 0.4) is 0 Å². The fraction of sp³-hybridized carbons (Fsp3) is 0.947. The standard InChI is InChI=1S/C19H40N4O2/c1-6-25-17(9-13-23(3)4)15-21-18(20-2)22-16-19(12-14-24-5)10-7-8-11-19/h17H,6-16H2,1-5H3,(H2,20,21,22). The maximum Gasteiger partial charge on any atom is 0.191 e. The largest absolute Gasteiger partial charge is 0.385 e. The molecular weight excluding hydrogens is 316 g/mol. The summed E-state index contributed by atoms with van der Waals surface area (Å²) in [5.74, 6) is 0.873. The SMILES string of the molecule is CCOC(CCN(C)C)CNC(=NC)NCC1(CCOC)CCCC1. The van der Waals surface area contributed by atoms with Crippen LogP contribution >= 0.6 is 0 Å². The van der Waals surface area contributed by atoms with Gasteiger partial charge in [-0.2, -0.15) is 0 Å². The zero-order chi connectivity index (χ0) is 18.5. The molecule has 1 aliphatic rings. The molecule has 0 amide bonds. The molecule has 1 unspecified atom stereocenters. The van der Waals surface area contributed by atoms with E-state index in [2.05, 4.69) is 41.5 Å². The topological polar surface area (TPSA) is 58.1 Å². The van der Waals surface area contributed by atoms with Crippen molar-refractivity contribution in [3.05, 3.63) is 0 Å². The van der Waals surface area contributed by atoms with E-state index in [1.807, 2.05) is 7.05 Å². The summed E-state index contributed by atoms with van der Waals surface area (Å²) in [5, 5.41) is 6.98. The number of hydrogen-bond acceptors (Lipinski definition) is 4. The average Bonchev–Trinajstić information content (AvgIpc) is 3.07. The zero-order valence-electron chi connectivity index (χ0n) is 17.1. The fourth-order valence-corrected chi connectivity index (χ4v) is 3.54. The van der Waals surface area contributed by atoms with Gasteiger partial charge in [0.25, 0.3) is 0 Å². The fourth-order valence-electron chi connectivity index (χ4n) is 3.54. The van der Waals surface area contributed by atoms with Crippen LogP contribution in [0.1, 0.15) is 45.4 Å². The molecule has 0 heterocycles. The Balaban J connectivity index is 2.43. The first-order valence-electron chi connectivity index (χ1n) is 9.75. The van der Waals surface area contributed by atoms with Gasteiger partial charge in [-0.15, -0.1) is 0 Å². The van der Waals surface area contributed by atoms with Crippen molar-refractivity contribution in [1.82, 2.24) is 15.5 Å². The Morgan fingerprint density at radius 1 is 1.24 bits per heavy atom. The van der Waals surface area contributed by atoms with E-state index in [0.29, 0.717) is 5.41 Å². The summed E-state index contributed by atoms with van der Waals surface area (Å²) in [6.45, 7) is 6.41. The van der Waals surface area contributed by atoms with Crippen molar-refractivity contribution in [3.63, 3.8) is 0 Å². The summed E-state index contributed by atoms with van der Waals surface area (Å²) in [4.78, 5) is 6.58. The van der Waals surface area contributed by atoms with E-state index < -0.39 is 0 Å².